The van der Waals surface area contributed by atoms with Crippen molar-refractivity contribution >= 4 is 5.57 Å². The summed E-state index contributed by atoms with van der Waals surface area (Å²) >= 11 is 0. The van der Waals surface area contributed by atoms with Crippen molar-refractivity contribution in [2.75, 3.05) is 0 Å². The zero-order valence-corrected chi connectivity index (χ0v) is 10.1. The molecule has 0 spiro atoms. The highest BCUT2D eigenvalue weighted by Crippen LogP contribution is 2.36. The highest BCUT2D eigenvalue weighted by Gasteiger charge is 2.17. The fraction of sp³-hybridized carbons (Fsp3) is 0.0588. The SMILES string of the molecule is C=C/C=C1/c2ccccc2COc2ccccc21. The molecule has 0 saturated heterocycles. The van der Waals surface area contributed by atoms with Crippen LogP contribution in [0.2, 0.25) is 0 Å². The van der Waals surface area contributed by atoms with E-state index in [4.69, 9.17) is 4.74 Å². The van der Waals surface area contributed by atoms with Gasteiger partial charge in [-0.1, -0.05) is 61.2 Å². The van der Waals surface area contributed by atoms with Gasteiger partial charge in [-0.3, -0.25) is 0 Å². The van der Waals surface area contributed by atoms with Gasteiger partial charge in [0.2, 0.25) is 0 Å². The van der Waals surface area contributed by atoms with E-state index in [9.17, 15) is 0 Å². The van der Waals surface area contributed by atoms with Crippen molar-refractivity contribution in [1.82, 2.24) is 0 Å². The predicted octanol–water partition coefficient (Wildman–Crippen LogP) is 4.20. The molecule has 3 rings (SSSR count). The molecule has 1 nitrogen and oxygen atoms in total. The van der Waals surface area contributed by atoms with E-state index in [1.54, 1.807) is 0 Å². The average Bonchev–Trinajstić information content (AvgIpc) is 2.58. The molecular formula is C17H14O. The van der Waals surface area contributed by atoms with E-state index in [0.29, 0.717) is 6.61 Å². The topological polar surface area (TPSA) is 9.23 Å². The molecule has 0 aromatic heterocycles. The van der Waals surface area contributed by atoms with Crippen molar-refractivity contribution in [2.45, 2.75) is 6.61 Å². The van der Waals surface area contributed by atoms with E-state index in [-0.39, 0.29) is 0 Å². The van der Waals surface area contributed by atoms with E-state index < -0.39 is 0 Å². The molecule has 0 fully saturated rings. The van der Waals surface area contributed by atoms with Crippen molar-refractivity contribution in [3.63, 3.8) is 0 Å². The van der Waals surface area contributed by atoms with Crippen molar-refractivity contribution in [2.24, 2.45) is 0 Å². The summed E-state index contributed by atoms with van der Waals surface area (Å²) in [5.74, 6) is 0.932. The minimum Gasteiger partial charge on any atom is -0.488 e. The van der Waals surface area contributed by atoms with Crippen LogP contribution in [0.3, 0.4) is 0 Å². The third kappa shape index (κ3) is 1.74. The highest BCUT2D eigenvalue weighted by molar-refractivity contribution is 5.85. The summed E-state index contributed by atoms with van der Waals surface area (Å²) in [5, 5.41) is 0. The Bertz CT molecular complexity index is 574. The normalized spacial score (nSPS) is 15.2. The Balaban J connectivity index is 2.28. The standard InChI is InChI=1S/C17H14O/c1-2-7-15-14-9-4-3-8-13(14)12-18-17-11-6-5-10-16(15)17/h2-11H,1,12H2/b15-7-. The van der Waals surface area contributed by atoms with E-state index in [1.807, 2.05) is 36.4 Å². The van der Waals surface area contributed by atoms with E-state index in [0.717, 1.165) is 11.3 Å². The Morgan fingerprint density at radius 3 is 2.50 bits per heavy atom. The van der Waals surface area contributed by atoms with Gasteiger partial charge in [0.1, 0.15) is 12.4 Å². The molecular weight excluding hydrogens is 220 g/mol. The summed E-state index contributed by atoms with van der Waals surface area (Å²) in [6, 6.07) is 16.5. The van der Waals surface area contributed by atoms with Crippen molar-refractivity contribution in [1.29, 1.82) is 0 Å². The first-order valence-electron chi connectivity index (χ1n) is 6.03. The number of para-hydroxylation sites is 1. The fourth-order valence-electron chi connectivity index (χ4n) is 2.32. The van der Waals surface area contributed by atoms with Gasteiger partial charge in [-0.25, -0.2) is 0 Å². The van der Waals surface area contributed by atoms with Gasteiger partial charge in [0.15, 0.2) is 0 Å². The van der Waals surface area contributed by atoms with E-state index >= 15 is 0 Å². The first-order valence-corrected chi connectivity index (χ1v) is 6.03. The first-order chi connectivity index (χ1) is 8.90. The minimum absolute atomic E-state index is 0.613. The Morgan fingerprint density at radius 2 is 1.67 bits per heavy atom. The summed E-state index contributed by atoms with van der Waals surface area (Å²) in [5.41, 5.74) is 4.74. The lowest BCUT2D eigenvalue weighted by molar-refractivity contribution is 0.307. The van der Waals surface area contributed by atoms with Gasteiger partial charge in [0.05, 0.1) is 0 Å². The molecule has 18 heavy (non-hydrogen) atoms. The summed E-state index contributed by atoms with van der Waals surface area (Å²) in [6.45, 7) is 4.43. The maximum absolute atomic E-state index is 5.88. The average molecular weight is 234 g/mol. The van der Waals surface area contributed by atoms with Crippen LogP contribution in [0, 0.1) is 0 Å². The third-order valence-corrected chi connectivity index (χ3v) is 3.15. The molecule has 0 radical (unpaired) electrons. The van der Waals surface area contributed by atoms with Crippen molar-refractivity contribution < 1.29 is 4.74 Å². The van der Waals surface area contributed by atoms with Crippen LogP contribution < -0.4 is 4.74 Å². The van der Waals surface area contributed by atoms with Crippen LogP contribution in [0.1, 0.15) is 16.7 Å². The molecule has 2 aromatic rings. The van der Waals surface area contributed by atoms with Gasteiger partial charge in [-0.15, -0.1) is 0 Å². The molecule has 88 valence electrons. The Kier molecular flexibility index (Phi) is 2.73. The molecule has 1 aliphatic rings. The van der Waals surface area contributed by atoms with Gasteiger partial charge in [-0.2, -0.15) is 0 Å². The van der Waals surface area contributed by atoms with Crippen molar-refractivity contribution in [3.8, 4) is 5.75 Å². The van der Waals surface area contributed by atoms with Gasteiger partial charge >= 0.3 is 0 Å². The molecule has 0 bridgehead atoms. The van der Waals surface area contributed by atoms with Crippen molar-refractivity contribution in [3.05, 3.63) is 84.0 Å². The predicted molar refractivity (Wildman–Crippen MR) is 74.5 cm³/mol. The minimum atomic E-state index is 0.613. The lowest BCUT2D eigenvalue weighted by atomic mass is 9.94. The zero-order valence-electron chi connectivity index (χ0n) is 10.1. The lowest BCUT2D eigenvalue weighted by Crippen LogP contribution is -1.94. The first kappa shape index (κ1) is 10.8. The van der Waals surface area contributed by atoms with Gasteiger partial charge < -0.3 is 4.74 Å². The van der Waals surface area contributed by atoms with Gasteiger partial charge in [0.25, 0.3) is 0 Å². The van der Waals surface area contributed by atoms with E-state index in [2.05, 4.69) is 30.8 Å². The largest absolute Gasteiger partial charge is 0.488 e. The van der Waals surface area contributed by atoms with Crippen LogP contribution in [0.25, 0.3) is 5.57 Å². The molecule has 0 atom stereocenters. The van der Waals surface area contributed by atoms with Crippen LogP contribution >= 0.6 is 0 Å². The number of hydrogen-bond donors (Lipinski definition) is 0. The quantitative estimate of drug-likeness (QED) is 0.718. The van der Waals surface area contributed by atoms with E-state index in [1.165, 1.54) is 16.7 Å². The summed E-state index contributed by atoms with van der Waals surface area (Å²) in [4.78, 5) is 0. The highest BCUT2D eigenvalue weighted by atomic mass is 16.5. The number of ether oxygens (including phenoxy) is 1. The molecule has 0 N–H and O–H groups in total. The molecule has 0 aliphatic carbocycles. The summed E-state index contributed by atoms with van der Waals surface area (Å²) in [7, 11) is 0. The van der Waals surface area contributed by atoms with Gasteiger partial charge in [-0.05, 0) is 22.8 Å². The van der Waals surface area contributed by atoms with Crippen LogP contribution in [0.4, 0.5) is 0 Å². The third-order valence-electron chi connectivity index (χ3n) is 3.15. The number of benzene rings is 2. The monoisotopic (exact) mass is 234 g/mol. The second-order valence-corrected chi connectivity index (χ2v) is 4.26. The fourth-order valence-corrected chi connectivity index (χ4v) is 2.32. The molecule has 1 heterocycles. The second kappa shape index (κ2) is 4.53. The molecule has 0 amide bonds. The van der Waals surface area contributed by atoms with Crippen LogP contribution in [0.15, 0.2) is 67.3 Å². The number of hydrogen-bond acceptors (Lipinski definition) is 1. The Hall–Kier alpha value is -2.28. The second-order valence-electron chi connectivity index (χ2n) is 4.26. The Labute approximate surface area is 107 Å². The zero-order chi connectivity index (χ0) is 12.4. The van der Waals surface area contributed by atoms with Crippen LogP contribution in [-0.2, 0) is 6.61 Å². The Morgan fingerprint density at radius 1 is 0.944 bits per heavy atom. The summed E-state index contributed by atoms with van der Waals surface area (Å²) < 4.78 is 5.88. The summed E-state index contributed by atoms with van der Waals surface area (Å²) in [6.07, 6.45) is 3.88. The van der Waals surface area contributed by atoms with Crippen LogP contribution in [0.5, 0.6) is 5.75 Å². The van der Waals surface area contributed by atoms with Gasteiger partial charge in [0, 0.05) is 5.56 Å². The number of allylic oxidation sites excluding steroid dienone is 2. The maximum Gasteiger partial charge on any atom is 0.127 e. The maximum atomic E-state index is 5.88. The molecule has 0 saturated carbocycles. The van der Waals surface area contributed by atoms with Crippen LogP contribution in [-0.4, -0.2) is 0 Å². The smallest absolute Gasteiger partial charge is 0.127 e. The number of rotatable bonds is 1. The lowest BCUT2D eigenvalue weighted by Gasteiger charge is -2.08. The molecule has 1 aliphatic heterocycles. The number of fused-ring (bicyclic) bond motifs is 2. The molecule has 1 heteroatoms. The molecule has 0 unspecified atom stereocenters. The molecule has 2 aromatic carbocycles.